The van der Waals surface area contributed by atoms with Crippen molar-refractivity contribution in [2.75, 3.05) is 19.7 Å². The van der Waals surface area contributed by atoms with Crippen LogP contribution in [0.25, 0.3) is 0 Å². The zero-order valence-corrected chi connectivity index (χ0v) is 15.3. The number of ether oxygens (including phenoxy) is 2. The van der Waals surface area contributed by atoms with Gasteiger partial charge >= 0.3 is 0 Å². The SMILES string of the molecule is CONc1nnnn1/N=C/c1ccc(OCc2ccc(C)cc2)c(OC)c1. The van der Waals surface area contributed by atoms with Crippen molar-refractivity contribution in [1.82, 2.24) is 20.3 Å². The molecule has 0 fully saturated rings. The smallest absolute Gasteiger partial charge is 0.289 e. The number of methoxy groups -OCH3 is 1. The molecule has 0 saturated carbocycles. The summed E-state index contributed by atoms with van der Waals surface area (Å²) in [4.78, 5) is 5.98. The molecule has 0 aliphatic rings. The molecule has 3 aromatic rings. The average Bonchev–Trinajstić information content (AvgIpc) is 3.13. The van der Waals surface area contributed by atoms with E-state index in [0.29, 0.717) is 18.1 Å². The van der Waals surface area contributed by atoms with E-state index in [1.807, 2.05) is 30.3 Å². The number of benzene rings is 2. The predicted molar refractivity (Wildman–Crippen MR) is 99.9 cm³/mol. The molecule has 1 heterocycles. The van der Waals surface area contributed by atoms with Gasteiger partial charge in [-0.3, -0.25) is 4.84 Å². The van der Waals surface area contributed by atoms with Crippen LogP contribution in [-0.4, -0.2) is 40.8 Å². The molecule has 0 bridgehead atoms. The molecular formula is C18H20N6O3. The van der Waals surface area contributed by atoms with Gasteiger partial charge in [-0.05, 0) is 46.7 Å². The summed E-state index contributed by atoms with van der Waals surface area (Å²) in [6, 6.07) is 13.7. The van der Waals surface area contributed by atoms with Gasteiger partial charge in [0.25, 0.3) is 5.95 Å². The molecule has 9 heteroatoms. The molecule has 3 rings (SSSR count). The second kappa shape index (κ2) is 8.77. The summed E-state index contributed by atoms with van der Waals surface area (Å²) in [5, 5.41) is 15.2. The van der Waals surface area contributed by atoms with Crippen molar-refractivity contribution < 1.29 is 14.3 Å². The number of hydrogen-bond donors (Lipinski definition) is 1. The largest absolute Gasteiger partial charge is 0.493 e. The highest BCUT2D eigenvalue weighted by Crippen LogP contribution is 2.28. The summed E-state index contributed by atoms with van der Waals surface area (Å²) in [6.45, 7) is 2.51. The van der Waals surface area contributed by atoms with Gasteiger partial charge in [0, 0.05) is 0 Å². The minimum atomic E-state index is 0.263. The van der Waals surface area contributed by atoms with E-state index in [1.54, 1.807) is 13.3 Å². The van der Waals surface area contributed by atoms with Crippen LogP contribution in [0.2, 0.25) is 0 Å². The Morgan fingerprint density at radius 2 is 1.93 bits per heavy atom. The third kappa shape index (κ3) is 4.79. The standard InChI is InChI=1S/C18H20N6O3/c1-13-4-6-14(7-5-13)12-27-16-9-8-15(10-17(16)25-2)11-19-24-18(21-26-3)20-22-23-24/h4-11H,12H2,1-3H3,(H,20,21,23)/b19-11+. The average molecular weight is 368 g/mol. The number of hydrogen-bond acceptors (Lipinski definition) is 8. The summed E-state index contributed by atoms with van der Waals surface area (Å²) in [5.74, 6) is 1.52. The predicted octanol–water partition coefficient (Wildman–Crippen LogP) is 2.42. The van der Waals surface area contributed by atoms with E-state index in [4.69, 9.17) is 14.3 Å². The van der Waals surface area contributed by atoms with Crippen molar-refractivity contribution in [2.45, 2.75) is 13.5 Å². The first kappa shape index (κ1) is 18.3. The lowest BCUT2D eigenvalue weighted by atomic mass is 10.2. The summed E-state index contributed by atoms with van der Waals surface area (Å²) in [6.07, 6.45) is 1.60. The molecular weight excluding hydrogens is 348 g/mol. The maximum atomic E-state index is 5.88. The Morgan fingerprint density at radius 1 is 1.11 bits per heavy atom. The van der Waals surface area contributed by atoms with Gasteiger partial charge in [-0.2, -0.15) is 5.10 Å². The minimum absolute atomic E-state index is 0.263. The molecule has 0 radical (unpaired) electrons. The maximum absolute atomic E-state index is 5.88. The van der Waals surface area contributed by atoms with Crippen LogP contribution in [0, 0.1) is 6.92 Å². The zero-order chi connectivity index (χ0) is 19.1. The first-order chi connectivity index (χ1) is 13.2. The van der Waals surface area contributed by atoms with Crippen LogP contribution in [-0.2, 0) is 11.4 Å². The zero-order valence-electron chi connectivity index (χ0n) is 15.3. The van der Waals surface area contributed by atoms with Crippen LogP contribution in [0.5, 0.6) is 11.5 Å². The van der Waals surface area contributed by atoms with Crippen molar-refractivity contribution >= 4 is 12.2 Å². The number of anilines is 1. The number of aromatic nitrogens is 4. The first-order valence-electron chi connectivity index (χ1n) is 8.17. The van der Waals surface area contributed by atoms with Crippen molar-refractivity contribution in [3.63, 3.8) is 0 Å². The van der Waals surface area contributed by atoms with Gasteiger partial charge in [-0.15, -0.1) is 0 Å². The Hall–Kier alpha value is -3.46. The Bertz CT molecular complexity index is 908. The summed E-state index contributed by atoms with van der Waals surface area (Å²) in [5.41, 5.74) is 5.63. The molecule has 0 aliphatic carbocycles. The maximum Gasteiger partial charge on any atom is 0.289 e. The fraction of sp³-hybridized carbons (Fsp3) is 0.222. The normalized spacial score (nSPS) is 10.9. The van der Waals surface area contributed by atoms with Crippen LogP contribution in [0.1, 0.15) is 16.7 Å². The van der Waals surface area contributed by atoms with Gasteiger partial charge < -0.3 is 9.47 Å². The Kier molecular flexibility index (Phi) is 5.95. The third-order valence-electron chi connectivity index (χ3n) is 3.67. The van der Waals surface area contributed by atoms with E-state index in [-0.39, 0.29) is 5.95 Å². The van der Waals surface area contributed by atoms with Gasteiger partial charge in [0.05, 0.1) is 20.4 Å². The number of nitrogens with zero attached hydrogens (tertiary/aromatic N) is 5. The molecule has 0 unspecified atom stereocenters. The van der Waals surface area contributed by atoms with E-state index >= 15 is 0 Å². The molecule has 0 aliphatic heterocycles. The summed E-state index contributed by atoms with van der Waals surface area (Å²) >= 11 is 0. The van der Waals surface area contributed by atoms with Gasteiger partial charge in [0.15, 0.2) is 11.5 Å². The number of tetrazole rings is 1. The lowest BCUT2D eigenvalue weighted by Crippen LogP contribution is -2.04. The number of nitrogens with one attached hydrogen (secondary N) is 1. The lowest BCUT2D eigenvalue weighted by Gasteiger charge is -2.11. The van der Waals surface area contributed by atoms with Crippen molar-refractivity contribution in [1.29, 1.82) is 0 Å². The van der Waals surface area contributed by atoms with Crippen LogP contribution < -0.4 is 15.0 Å². The van der Waals surface area contributed by atoms with Crippen molar-refractivity contribution in [2.24, 2.45) is 5.10 Å². The molecule has 0 atom stereocenters. The highest BCUT2D eigenvalue weighted by molar-refractivity contribution is 5.80. The number of rotatable bonds is 8. The Morgan fingerprint density at radius 3 is 2.67 bits per heavy atom. The lowest BCUT2D eigenvalue weighted by molar-refractivity contribution is 0.264. The van der Waals surface area contributed by atoms with E-state index in [9.17, 15) is 0 Å². The second-order valence-electron chi connectivity index (χ2n) is 5.63. The van der Waals surface area contributed by atoms with Crippen LogP contribution in [0.3, 0.4) is 0 Å². The molecule has 0 spiro atoms. The van der Waals surface area contributed by atoms with Crippen molar-refractivity contribution in [3.05, 3.63) is 59.2 Å². The van der Waals surface area contributed by atoms with Gasteiger partial charge in [-0.25, -0.2) is 5.48 Å². The summed E-state index contributed by atoms with van der Waals surface area (Å²) in [7, 11) is 3.06. The van der Waals surface area contributed by atoms with Gasteiger partial charge in [0.2, 0.25) is 0 Å². The monoisotopic (exact) mass is 368 g/mol. The topological polar surface area (TPSA) is 95.7 Å². The van der Waals surface area contributed by atoms with E-state index in [1.165, 1.54) is 17.5 Å². The third-order valence-corrected chi connectivity index (χ3v) is 3.67. The van der Waals surface area contributed by atoms with Crippen molar-refractivity contribution in [3.8, 4) is 11.5 Å². The fourth-order valence-corrected chi connectivity index (χ4v) is 2.26. The Balaban J connectivity index is 1.70. The minimum Gasteiger partial charge on any atom is -0.493 e. The molecule has 0 saturated heterocycles. The van der Waals surface area contributed by atoms with E-state index in [0.717, 1.165) is 11.1 Å². The van der Waals surface area contributed by atoms with E-state index in [2.05, 4.69) is 45.2 Å². The summed E-state index contributed by atoms with van der Waals surface area (Å²) < 4.78 is 11.3. The van der Waals surface area contributed by atoms with E-state index < -0.39 is 0 Å². The Labute approximate surface area is 156 Å². The highest BCUT2D eigenvalue weighted by atomic mass is 16.6. The van der Waals surface area contributed by atoms with Crippen LogP contribution >= 0.6 is 0 Å². The van der Waals surface area contributed by atoms with Crippen LogP contribution in [0.4, 0.5) is 5.95 Å². The quantitative estimate of drug-likeness (QED) is 0.482. The van der Waals surface area contributed by atoms with Gasteiger partial charge in [-0.1, -0.05) is 39.7 Å². The molecule has 140 valence electrons. The number of aryl methyl sites for hydroxylation is 1. The second-order valence-corrected chi connectivity index (χ2v) is 5.63. The fourth-order valence-electron chi connectivity index (χ4n) is 2.26. The van der Waals surface area contributed by atoms with Crippen LogP contribution in [0.15, 0.2) is 47.6 Å². The van der Waals surface area contributed by atoms with Gasteiger partial charge in [0.1, 0.15) is 6.61 Å². The molecule has 1 N–H and O–H groups in total. The molecule has 0 amide bonds. The molecule has 2 aromatic carbocycles. The molecule has 1 aromatic heterocycles. The molecule has 27 heavy (non-hydrogen) atoms. The molecule has 9 nitrogen and oxygen atoms in total. The highest BCUT2D eigenvalue weighted by Gasteiger charge is 2.07. The first-order valence-corrected chi connectivity index (χ1v) is 8.17.